The van der Waals surface area contributed by atoms with E-state index in [1.807, 2.05) is 0 Å². The molecule has 2 nitrogen and oxygen atoms in total. The average Bonchev–Trinajstić information content (AvgIpc) is 2.15. The maximum atomic E-state index is 12.7. The van der Waals surface area contributed by atoms with Gasteiger partial charge in [0.05, 0.1) is 5.69 Å². The van der Waals surface area contributed by atoms with E-state index in [4.69, 9.17) is 0 Å². The molecule has 0 unspecified atom stereocenters. The van der Waals surface area contributed by atoms with E-state index >= 15 is 0 Å². The standard InChI is InChI=1S/C6H6F4N2/c1-3-4(7)5(6(8,9)10)11-12(3)2/h1-2H3. The Bertz CT molecular complexity index is 299. The minimum Gasteiger partial charge on any atom is -0.269 e. The quantitative estimate of drug-likeness (QED) is 0.560. The summed E-state index contributed by atoms with van der Waals surface area (Å²) in [5, 5.41) is 3.00. The fourth-order valence-electron chi connectivity index (χ4n) is 0.763. The highest BCUT2D eigenvalue weighted by Gasteiger charge is 2.38. The zero-order chi connectivity index (χ0) is 9.52. The third kappa shape index (κ3) is 1.28. The van der Waals surface area contributed by atoms with Gasteiger partial charge in [-0.2, -0.15) is 18.3 Å². The monoisotopic (exact) mass is 182 g/mol. The van der Waals surface area contributed by atoms with E-state index in [1.54, 1.807) is 0 Å². The van der Waals surface area contributed by atoms with Crippen molar-refractivity contribution >= 4 is 0 Å². The normalized spacial score (nSPS) is 12.2. The van der Waals surface area contributed by atoms with Crippen LogP contribution in [0.1, 0.15) is 11.4 Å². The molecule has 0 N–H and O–H groups in total. The first-order chi connectivity index (χ1) is 5.34. The van der Waals surface area contributed by atoms with Gasteiger partial charge < -0.3 is 0 Å². The molecule has 0 atom stereocenters. The molecule has 0 aliphatic rings. The Kier molecular flexibility index (Phi) is 1.85. The first-order valence-corrected chi connectivity index (χ1v) is 3.10. The summed E-state index contributed by atoms with van der Waals surface area (Å²) in [6, 6.07) is 0. The molecule has 68 valence electrons. The number of halogens is 4. The summed E-state index contributed by atoms with van der Waals surface area (Å²) in [5.74, 6) is -1.30. The summed E-state index contributed by atoms with van der Waals surface area (Å²) in [7, 11) is 1.26. The molecule has 0 aliphatic heterocycles. The molecule has 0 spiro atoms. The number of alkyl halides is 3. The van der Waals surface area contributed by atoms with Gasteiger partial charge in [0.2, 0.25) is 5.69 Å². The lowest BCUT2D eigenvalue weighted by molar-refractivity contribution is -0.143. The minimum atomic E-state index is -4.71. The highest BCUT2D eigenvalue weighted by atomic mass is 19.4. The van der Waals surface area contributed by atoms with Gasteiger partial charge >= 0.3 is 6.18 Å². The highest BCUT2D eigenvalue weighted by Crippen LogP contribution is 2.30. The molecule has 1 aromatic rings. The van der Waals surface area contributed by atoms with Crippen molar-refractivity contribution in [3.05, 3.63) is 17.2 Å². The van der Waals surface area contributed by atoms with E-state index < -0.39 is 17.7 Å². The van der Waals surface area contributed by atoms with Crippen LogP contribution < -0.4 is 0 Å². The highest BCUT2D eigenvalue weighted by molar-refractivity contribution is 5.14. The van der Waals surface area contributed by atoms with Crippen LogP contribution in [-0.2, 0) is 13.2 Å². The van der Waals surface area contributed by atoms with Crippen molar-refractivity contribution in [2.75, 3.05) is 0 Å². The van der Waals surface area contributed by atoms with E-state index in [0.717, 1.165) is 4.68 Å². The topological polar surface area (TPSA) is 17.8 Å². The van der Waals surface area contributed by atoms with Crippen LogP contribution >= 0.6 is 0 Å². The van der Waals surface area contributed by atoms with Crippen molar-refractivity contribution in [1.29, 1.82) is 0 Å². The molecule has 0 aliphatic carbocycles. The van der Waals surface area contributed by atoms with Gasteiger partial charge in [0.25, 0.3) is 0 Å². The van der Waals surface area contributed by atoms with Gasteiger partial charge in [-0.25, -0.2) is 4.39 Å². The van der Waals surface area contributed by atoms with E-state index in [1.165, 1.54) is 14.0 Å². The van der Waals surface area contributed by atoms with Crippen LogP contribution in [0.15, 0.2) is 0 Å². The molecule has 6 heteroatoms. The largest absolute Gasteiger partial charge is 0.438 e. The molecule has 1 heterocycles. The first-order valence-electron chi connectivity index (χ1n) is 3.10. The van der Waals surface area contributed by atoms with Crippen molar-refractivity contribution in [2.24, 2.45) is 7.05 Å². The second-order valence-corrected chi connectivity index (χ2v) is 2.37. The van der Waals surface area contributed by atoms with Gasteiger partial charge in [-0.3, -0.25) is 4.68 Å². The van der Waals surface area contributed by atoms with Crippen LogP contribution in [0.3, 0.4) is 0 Å². The van der Waals surface area contributed by atoms with Crippen LogP contribution in [0.5, 0.6) is 0 Å². The maximum absolute atomic E-state index is 12.7. The van der Waals surface area contributed by atoms with Crippen molar-refractivity contribution in [3.63, 3.8) is 0 Å². The summed E-state index contributed by atoms with van der Waals surface area (Å²) in [4.78, 5) is 0. The molecule has 0 fully saturated rings. The van der Waals surface area contributed by atoms with Crippen LogP contribution in [0.2, 0.25) is 0 Å². The summed E-state index contributed by atoms with van der Waals surface area (Å²) < 4.78 is 49.4. The Hall–Kier alpha value is -1.07. The molecule has 12 heavy (non-hydrogen) atoms. The molecule has 0 radical (unpaired) electrons. The Morgan fingerprint density at radius 2 is 1.83 bits per heavy atom. The van der Waals surface area contributed by atoms with Crippen LogP contribution in [-0.4, -0.2) is 9.78 Å². The lowest BCUT2D eigenvalue weighted by Gasteiger charge is -1.99. The number of rotatable bonds is 0. The predicted molar refractivity (Wildman–Crippen MR) is 32.9 cm³/mol. The molecule has 0 amide bonds. The number of hydrogen-bond acceptors (Lipinski definition) is 1. The van der Waals surface area contributed by atoms with Gasteiger partial charge in [0.15, 0.2) is 5.82 Å². The van der Waals surface area contributed by atoms with Crippen LogP contribution in [0.25, 0.3) is 0 Å². The Labute approximate surface area is 65.8 Å². The average molecular weight is 182 g/mol. The van der Waals surface area contributed by atoms with Crippen molar-refractivity contribution in [2.45, 2.75) is 13.1 Å². The zero-order valence-corrected chi connectivity index (χ0v) is 6.41. The van der Waals surface area contributed by atoms with Crippen molar-refractivity contribution < 1.29 is 17.6 Å². The lowest BCUT2D eigenvalue weighted by atomic mass is 10.3. The molecule has 0 aromatic carbocycles. The van der Waals surface area contributed by atoms with Gasteiger partial charge in [-0.15, -0.1) is 0 Å². The van der Waals surface area contributed by atoms with Crippen LogP contribution in [0.4, 0.5) is 17.6 Å². The van der Waals surface area contributed by atoms with E-state index in [-0.39, 0.29) is 5.69 Å². The SMILES string of the molecule is Cc1c(F)c(C(F)(F)F)nn1C. The van der Waals surface area contributed by atoms with Crippen LogP contribution in [0, 0.1) is 12.7 Å². The molecular weight excluding hydrogens is 176 g/mol. The Morgan fingerprint density at radius 3 is 2.00 bits per heavy atom. The first kappa shape index (κ1) is 9.02. The van der Waals surface area contributed by atoms with E-state index in [9.17, 15) is 17.6 Å². The summed E-state index contributed by atoms with van der Waals surface area (Å²) in [5.41, 5.74) is -1.58. The molecule has 0 saturated carbocycles. The third-order valence-corrected chi connectivity index (χ3v) is 1.53. The number of aromatic nitrogens is 2. The smallest absolute Gasteiger partial charge is 0.269 e. The Morgan fingerprint density at radius 1 is 1.33 bits per heavy atom. The molecule has 1 rings (SSSR count). The van der Waals surface area contributed by atoms with E-state index in [0.29, 0.717) is 0 Å². The lowest BCUT2D eigenvalue weighted by Crippen LogP contribution is -2.08. The molecular formula is C6H6F4N2. The fourth-order valence-corrected chi connectivity index (χ4v) is 0.763. The predicted octanol–water partition coefficient (Wildman–Crippen LogP) is 1.89. The second-order valence-electron chi connectivity index (χ2n) is 2.37. The van der Waals surface area contributed by atoms with E-state index in [2.05, 4.69) is 5.10 Å². The van der Waals surface area contributed by atoms with Gasteiger partial charge in [0, 0.05) is 7.05 Å². The molecule has 1 aromatic heterocycles. The molecule has 0 saturated heterocycles. The zero-order valence-electron chi connectivity index (χ0n) is 6.41. The van der Waals surface area contributed by atoms with Gasteiger partial charge in [0.1, 0.15) is 0 Å². The maximum Gasteiger partial charge on any atom is 0.438 e. The summed E-state index contributed by atoms with van der Waals surface area (Å²) in [6.45, 7) is 1.23. The number of nitrogens with zero attached hydrogens (tertiary/aromatic N) is 2. The third-order valence-electron chi connectivity index (χ3n) is 1.53. The molecule has 0 bridgehead atoms. The summed E-state index contributed by atoms with van der Waals surface area (Å²) in [6.07, 6.45) is -4.71. The fraction of sp³-hybridized carbons (Fsp3) is 0.500. The summed E-state index contributed by atoms with van der Waals surface area (Å²) >= 11 is 0. The Balaban J connectivity index is 3.28. The van der Waals surface area contributed by atoms with Gasteiger partial charge in [-0.1, -0.05) is 0 Å². The van der Waals surface area contributed by atoms with Crippen molar-refractivity contribution in [1.82, 2.24) is 9.78 Å². The van der Waals surface area contributed by atoms with Crippen molar-refractivity contribution in [3.8, 4) is 0 Å². The van der Waals surface area contributed by atoms with Gasteiger partial charge in [-0.05, 0) is 6.92 Å². The number of aryl methyl sites for hydroxylation is 1. The number of hydrogen-bond donors (Lipinski definition) is 0. The second kappa shape index (κ2) is 2.46. The minimum absolute atomic E-state index is 0.123.